The second kappa shape index (κ2) is 6.71. The Morgan fingerprint density at radius 3 is 3.00 bits per heavy atom. The summed E-state index contributed by atoms with van der Waals surface area (Å²) in [6.45, 7) is 3.74. The Morgan fingerprint density at radius 1 is 1.58 bits per heavy atom. The third kappa shape index (κ3) is 3.80. The Bertz CT molecular complexity index is 507. The number of nitrogens with one attached hydrogen (secondary N) is 1. The molecule has 0 bridgehead atoms. The van der Waals surface area contributed by atoms with Crippen LogP contribution < -0.4 is 11.1 Å². The van der Waals surface area contributed by atoms with Gasteiger partial charge in [-0.1, -0.05) is 11.8 Å². The molecule has 0 atom stereocenters. The van der Waals surface area contributed by atoms with Gasteiger partial charge in [0.2, 0.25) is 0 Å². The number of thiophene rings is 1. The summed E-state index contributed by atoms with van der Waals surface area (Å²) in [6, 6.07) is 2.11. The first-order chi connectivity index (χ1) is 9.20. The van der Waals surface area contributed by atoms with Crippen molar-refractivity contribution in [1.82, 2.24) is 5.32 Å². The molecule has 1 amide bonds. The molecule has 3 N–H and O–H groups in total. The number of amides is 1. The quantitative estimate of drug-likeness (QED) is 0.801. The van der Waals surface area contributed by atoms with E-state index >= 15 is 0 Å². The summed E-state index contributed by atoms with van der Waals surface area (Å²) < 4.78 is 5.28. The van der Waals surface area contributed by atoms with E-state index in [9.17, 15) is 4.79 Å². The van der Waals surface area contributed by atoms with E-state index in [0.717, 1.165) is 36.5 Å². The maximum atomic E-state index is 12.1. The number of aryl methyl sites for hydroxylation is 1. The SMILES string of the molecule is Cc1cc(C(=O)NC2CCOCC2)sc1C#CCN. The van der Waals surface area contributed by atoms with Gasteiger partial charge in [0.05, 0.1) is 16.3 Å². The van der Waals surface area contributed by atoms with Crippen LogP contribution in [0.1, 0.15) is 33.0 Å². The highest BCUT2D eigenvalue weighted by Gasteiger charge is 2.18. The predicted molar refractivity (Wildman–Crippen MR) is 76.3 cm³/mol. The molecule has 1 aromatic rings. The van der Waals surface area contributed by atoms with Gasteiger partial charge in [-0.3, -0.25) is 4.79 Å². The lowest BCUT2D eigenvalue weighted by Crippen LogP contribution is -2.38. The van der Waals surface area contributed by atoms with E-state index < -0.39 is 0 Å². The molecule has 19 heavy (non-hydrogen) atoms. The van der Waals surface area contributed by atoms with E-state index in [1.807, 2.05) is 13.0 Å². The molecule has 102 valence electrons. The molecule has 1 aromatic heterocycles. The monoisotopic (exact) mass is 278 g/mol. The van der Waals surface area contributed by atoms with Crippen molar-refractivity contribution in [1.29, 1.82) is 0 Å². The normalized spacial score (nSPS) is 15.7. The lowest BCUT2D eigenvalue weighted by molar-refractivity contribution is 0.0698. The zero-order chi connectivity index (χ0) is 13.7. The van der Waals surface area contributed by atoms with Gasteiger partial charge in [-0.15, -0.1) is 11.3 Å². The summed E-state index contributed by atoms with van der Waals surface area (Å²) in [6.07, 6.45) is 1.77. The number of carbonyl (C=O) groups excluding carboxylic acids is 1. The van der Waals surface area contributed by atoms with Crippen LogP contribution in [0.4, 0.5) is 0 Å². The standard InChI is InChI=1S/C14H18N2O2S/c1-10-9-13(19-12(10)3-2-6-15)14(17)16-11-4-7-18-8-5-11/h9,11H,4-8,15H2,1H3,(H,16,17). The topological polar surface area (TPSA) is 64.3 Å². The number of ether oxygens (including phenoxy) is 1. The lowest BCUT2D eigenvalue weighted by Gasteiger charge is -2.22. The highest BCUT2D eigenvalue weighted by Crippen LogP contribution is 2.21. The van der Waals surface area contributed by atoms with Crippen molar-refractivity contribution in [3.05, 3.63) is 21.4 Å². The minimum Gasteiger partial charge on any atom is -0.381 e. The van der Waals surface area contributed by atoms with Gasteiger partial charge in [0, 0.05) is 19.3 Å². The summed E-state index contributed by atoms with van der Waals surface area (Å²) in [5, 5.41) is 3.05. The number of carbonyl (C=O) groups is 1. The van der Waals surface area contributed by atoms with Gasteiger partial charge in [-0.05, 0) is 31.4 Å². The van der Waals surface area contributed by atoms with Gasteiger partial charge in [0.1, 0.15) is 0 Å². The van der Waals surface area contributed by atoms with Gasteiger partial charge < -0.3 is 15.8 Å². The summed E-state index contributed by atoms with van der Waals surface area (Å²) in [5.41, 5.74) is 6.39. The Labute approximate surface area is 117 Å². The summed E-state index contributed by atoms with van der Waals surface area (Å²) in [5.74, 6) is 5.80. The second-order valence-electron chi connectivity index (χ2n) is 4.49. The highest BCUT2D eigenvalue weighted by atomic mass is 32.1. The first kappa shape index (κ1) is 14.1. The van der Waals surface area contributed by atoms with Crippen LogP contribution in [0.25, 0.3) is 0 Å². The average Bonchev–Trinajstić information content (AvgIpc) is 2.79. The molecule has 4 nitrogen and oxygen atoms in total. The van der Waals surface area contributed by atoms with E-state index in [0.29, 0.717) is 11.4 Å². The molecule has 2 rings (SSSR count). The van der Waals surface area contributed by atoms with Crippen molar-refractivity contribution in [3.63, 3.8) is 0 Å². The maximum Gasteiger partial charge on any atom is 0.261 e. The first-order valence-corrected chi connectivity index (χ1v) is 7.20. The predicted octanol–water partition coefficient (Wildman–Crippen LogP) is 1.28. The fourth-order valence-electron chi connectivity index (χ4n) is 1.95. The van der Waals surface area contributed by atoms with Crippen molar-refractivity contribution in [2.24, 2.45) is 5.73 Å². The first-order valence-electron chi connectivity index (χ1n) is 6.38. The molecule has 1 aliphatic heterocycles. The third-order valence-electron chi connectivity index (χ3n) is 3.00. The van der Waals surface area contributed by atoms with Crippen LogP contribution in [0.15, 0.2) is 6.07 Å². The molecular weight excluding hydrogens is 260 g/mol. The highest BCUT2D eigenvalue weighted by molar-refractivity contribution is 7.14. The minimum absolute atomic E-state index is 0.0131. The van der Waals surface area contributed by atoms with E-state index in [4.69, 9.17) is 10.5 Å². The number of hydrogen-bond donors (Lipinski definition) is 2. The summed E-state index contributed by atoms with van der Waals surface area (Å²) in [7, 11) is 0. The largest absolute Gasteiger partial charge is 0.381 e. The third-order valence-corrected chi connectivity index (χ3v) is 4.15. The van der Waals surface area contributed by atoms with E-state index in [1.165, 1.54) is 11.3 Å². The van der Waals surface area contributed by atoms with Crippen molar-refractivity contribution in [2.75, 3.05) is 19.8 Å². The van der Waals surface area contributed by atoms with Crippen LogP contribution in [-0.2, 0) is 4.74 Å². The molecule has 0 unspecified atom stereocenters. The van der Waals surface area contributed by atoms with Crippen molar-refractivity contribution in [2.45, 2.75) is 25.8 Å². The molecular formula is C14H18N2O2S. The van der Waals surface area contributed by atoms with Gasteiger partial charge in [-0.2, -0.15) is 0 Å². The van der Waals surface area contributed by atoms with Crippen LogP contribution in [0.3, 0.4) is 0 Å². The van der Waals surface area contributed by atoms with Crippen LogP contribution in [0.5, 0.6) is 0 Å². The van der Waals surface area contributed by atoms with Crippen LogP contribution in [-0.4, -0.2) is 31.7 Å². The van der Waals surface area contributed by atoms with E-state index in [1.54, 1.807) is 0 Å². The Kier molecular flexibility index (Phi) is 4.97. The van der Waals surface area contributed by atoms with Gasteiger partial charge in [0.25, 0.3) is 5.91 Å². The van der Waals surface area contributed by atoms with Crippen LogP contribution in [0.2, 0.25) is 0 Å². The summed E-state index contributed by atoms with van der Waals surface area (Å²) in [4.78, 5) is 13.8. The summed E-state index contributed by atoms with van der Waals surface area (Å²) >= 11 is 1.42. The molecule has 1 saturated heterocycles. The maximum absolute atomic E-state index is 12.1. The molecule has 0 aliphatic carbocycles. The Morgan fingerprint density at radius 2 is 2.32 bits per heavy atom. The van der Waals surface area contributed by atoms with Crippen LogP contribution >= 0.6 is 11.3 Å². The van der Waals surface area contributed by atoms with Gasteiger partial charge in [-0.25, -0.2) is 0 Å². The number of rotatable bonds is 2. The molecule has 1 fully saturated rings. The molecule has 5 heteroatoms. The Hall–Kier alpha value is -1.35. The molecule has 2 heterocycles. The molecule has 0 spiro atoms. The van der Waals surface area contributed by atoms with E-state index in [2.05, 4.69) is 17.2 Å². The molecule has 0 radical (unpaired) electrons. The van der Waals surface area contributed by atoms with Crippen molar-refractivity contribution >= 4 is 17.2 Å². The fourth-order valence-corrected chi connectivity index (χ4v) is 2.90. The second-order valence-corrected chi connectivity index (χ2v) is 5.54. The molecule has 0 saturated carbocycles. The van der Waals surface area contributed by atoms with Gasteiger partial charge >= 0.3 is 0 Å². The average molecular weight is 278 g/mol. The van der Waals surface area contributed by atoms with Gasteiger partial charge in [0.15, 0.2) is 0 Å². The van der Waals surface area contributed by atoms with Crippen molar-refractivity contribution in [3.8, 4) is 11.8 Å². The van der Waals surface area contributed by atoms with Crippen molar-refractivity contribution < 1.29 is 9.53 Å². The zero-order valence-electron chi connectivity index (χ0n) is 11.0. The number of hydrogen-bond acceptors (Lipinski definition) is 4. The Balaban J connectivity index is 2.02. The fraction of sp³-hybridized carbons (Fsp3) is 0.500. The molecule has 1 aliphatic rings. The van der Waals surface area contributed by atoms with Crippen LogP contribution in [0, 0.1) is 18.8 Å². The smallest absolute Gasteiger partial charge is 0.261 e. The number of nitrogens with two attached hydrogens (primary N) is 1. The minimum atomic E-state index is -0.0131. The lowest BCUT2D eigenvalue weighted by atomic mass is 10.1. The van der Waals surface area contributed by atoms with E-state index in [-0.39, 0.29) is 11.9 Å². The zero-order valence-corrected chi connectivity index (χ0v) is 11.8. The molecule has 0 aromatic carbocycles.